The van der Waals surface area contributed by atoms with E-state index in [-0.39, 0.29) is 23.4 Å². The Kier molecular flexibility index (Phi) is 4.41. The molecule has 1 aromatic carbocycles. The van der Waals surface area contributed by atoms with E-state index in [0.717, 1.165) is 25.1 Å². The Morgan fingerprint density at radius 2 is 2.04 bits per heavy atom. The van der Waals surface area contributed by atoms with Gasteiger partial charge in [-0.2, -0.15) is 0 Å². The van der Waals surface area contributed by atoms with E-state index in [1.807, 2.05) is 0 Å². The average Bonchev–Trinajstić information content (AvgIpc) is 2.58. The molecular formula is C17H18FN3O2. The van der Waals surface area contributed by atoms with Crippen molar-refractivity contribution >= 4 is 17.4 Å². The van der Waals surface area contributed by atoms with Crippen LogP contribution in [0.1, 0.15) is 12.8 Å². The lowest BCUT2D eigenvalue weighted by Gasteiger charge is -2.33. The second kappa shape index (κ2) is 6.64. The maximum atomic E-state index is 13.0. The van der Waals surface area contributed by atoms with E-state index >= 15 is 0 Å². The van der Waals surface area contributed by atoms with E-state index in [1.165, 1.54) is 24.4 Å². The van der Waals surface area contributed by atoms with Crippen molar-refractivity contribution in [2.45, 2.75) is 12.8 Å². The number of amides is 1. The normalized spacial score (nSPS) is 17.8. The number of aromatic hydroxyl groups is 1. The monoisotopic (exact) mass is 315 g/mol. The number of carbonyl (C=O) groups excluding carboxylic acids is 1. The van der Waals surface area contributed by atoms with Crippen molar-refractivity contribution in [1.82, 2.24) is 4.98 Å². The van der Waals surface area contributed by atoms with E-state index in [2.05, 4.69) is 15.2 Å². The summed E-state index contributed by atoms with van der Waals surface area (Å²) in [6.07, 6.45) is 3.00. The highest BCUT2D eigenvalue weighted by Gasteiger charge is 2.26. The zero-order valence-electron chi connectivity index (χ0n) is 12.6. The number of nitrogens with zero attached hydrogens (tertiary/aromatic N) is 2. The second-order valence-corrected chi connectivity index (χ2v) is 5.65. The summed E-state index contributed by atoms with van der Waals surface area (Å²) in [6.45, 7) is 1.45. The molecule has 1 saturated heterocycles. The van der Waals surface area contributed by atoms with Gasteiger partial charge < -0.3 is 15.3 Å². The van der Waals surface area contributed by atoms with Crippen LogP contribution < -0.4 is 10.2 Å². The van der Waals surface area contributed by atoms with E-state index in [0.29, 0.717) is 12.4 Å². The molecule has 0 aliphatic carbocycles. The van der Waals surface area contributed by atoms with E-state index < -0.39 is 0 Å². The molecule has 0 radical (unpaired) electrons. The zero-order valence-corrected chi connectivity index (χ0v) is 12.6. The fraction of sp³-hybridized carbons (Fsp3) is 0.294. The molecule has 1 fully saturated rings. The van der Waals surface area contributed by atoms with Crippen LogP contribution in [0.4, 0.5) is 15.9 Å². The van der Waals surface area contributed by atoms with Crippen molar-refractivity contribution in [3.63, 3.8) is 0 Å². The highest BCUT2D eigenvalue weighted by molar-refractivity contribution is 5.92. The third-order valence-corrected chi connectivity index (χ3v) is 3.98. The van der Waals surface area contributed by atoms with Crippen LogP contribution in [-0.2, 0) is 4.79 Å². The first-order valence-corrected chi connectivity index (χ1v) is 7.58. The first kappa shape index (κ1) is 15.3. The Hall–Kier alpha value is -2.63. The van der Waals surface area contributed by atoms with Crippen LogP contribution >= 0.6 is 0 Å². The van der Waals surface area contributed by atoms with Gasteiger partial charge in [0.15, 0.2) is 0 Å². The molecule has 2 heterocycles. The number of rotatable bonds is 3. The summed E-state index contributed by atoms with van der Waals surface area (Å²) in [7, 11) is 0. The molecule has 23 heavy (non-hydrogen) atoms. The summed E-state index contributed by atoms with van der Waals surface area (Å²) in [5.74, 6) is -0.0206. The lowest BCUT2D eigenvalue weighted by molar-refractivity contribution is -0.120. The summed E-state index contributed by atoms with van der Waals surface area (Å²) in [5.41, 5.74) is 0.923. The van der Waals surface area contributed by atoms with Gasteiger partial charge >= 0.3 is 0 Å². The van der Waals surface area contributed by atoms with Crippen LogP contribution in [0.3, 0.4) is 0 Å². The molecule has 120 valence electrons. The standard InChI is InChI=1S/C17H18FN3O2/c18-13-3-5-14(6-4-13)21-9-1-2-12(11-21)17(23)20-16-8-7-15(22)10-19-16/h3-8,10,12,22H,1-2,9,11H2,(H,19,20,23). The molecule has 1 aliphatic rings. The first-order chi connectivity index (χ1) is 11.1. The van der Waals surface area contributed by atoms with Crippen molar-refractivity contribution in [3.05, 3.63) is 48.4 Å². The average molecular weight is 315 g/mol. The van der Waals surface area contributed by atoms with Crippen LogP contribution in [0.25, 0.3) is 0 Å². The molecule has 0 bridgehead atoms. The molecule has 0 spiro atoms. The quantitative estimate of drug-likeness (QED) is 0.914. The predicted molar refractivity (Wildman–Crippen MR) is 85.9 cm³/mol. The number of aromatic nitrogens is 1. The molecule has 1 unspecified atom stereocenters. The van der Waals surface area contributed by atoms with Crippen LogP contribution in [-0.4, -0.2) is 29.1 Å². The summed E-state index contributed by atoms with van der Waals surface area (Å²) >= 11 is 0. The Bertz CT molecular complexity index is 673. The van der Waals surface area contributed by atoms with Gasteiger partial charge in [0.25, 0.3) is 0 Å². The number of benzene rings is 1. The maximum absolute atomic E-state index is 13.0. The SMILES string of the molecule is O=C(Nc1ccc(O)cn1)C1CCCN(c2ccc(F)cc2)C1. The number of anilines is 2. The summed E-state index contributed by atoms with van der Waals surface area (Å²) in [6, 6.07) is 9.37. The maximum Gasteiger partial charge on any atom is 0.230 e. The van der Waals surface area contributed by atoms with E-state index in [1.54, 1.807) is 18.2 Å². The molecule has 2 N–H and O–H groups in total. The second-order valence-electron chi connectivity index (χ2n) is 5.65. The lowest BCUT2D eigenvalue weighted by Crippen LogP contribution is -2.40. The Balaban J connectivity index is 1.64. The Morgan fingerprint density at radius 1 is 1.26 bits per heavy atom. The van der Waals surface area contributed by atoms with Gasteiger partial charge in [0.2, 0.25) is 5.91 Å². The zero-order chi connectivity index (χ0) is 16.2. The third-order valence-electron chi connectivity index (χ3n) is 3.98. The molecule has 1 aromatic heterocycles. The lowest BCUT2D eigenvalue weighted by atomic mass is 9.96. The van der Waals surface area contributed by atoms with E-state index in [9.17, 15) is 14.3 Å². The van der Waals surface area contributed by atoms with Crippen molar-refractivity contribution in [2.24, 2.45) is 5.92 Å². The van der Waals surface area contributed by atoms with E-state index in [4.69, 9.17) is 0 Å². The summed E-state index contributed by atoms with van der Waals surface area (Å²) in [4.78, 5) is 18.4. The Labute approximate surface area is 133 Å². The number of hydrogen-bond acceptors (Lipinski definition) is 4. The van der Waals surface area contributed by atoms with Crippen LogP contribution in [0.2, 0.25) is 0 Å². The fourth-order valence-electron chi connectivity index (χ4n) is 2.77. The highest BCUT2D eigenvalue weighted by atomic mass is 19.1. The van der Waals surface area contributed by atoms with Crippen molar-refractivity contribution < 1.29 is 14.3 Å². The van der Waals surface area contributed by atoms with Gasteiger partial charge in [-0.1, -0.05) is 0 Å². The van der Waals surface area contributed by atoms with Gasteiger partial charge in [-0.05, 0) is 49.2 Å². The molecule has 1 aliphatic heterocycles. The third kappa shape index (κ3) is 3.77. The topological polar surface area (TPSA) is 65.5 Å². The van der Waals surface area contributed by atoms with Gasteiger partial charge in [-0.3, -0.25) is 4.79 Å². The number of hydrogen-bond donors (Lipinski definition) is 2. The van der Waals surface area contributed by atoms with Gasteiger partial charge in [-0.25, -0.2) is 9.37 Å². The van der Waals surface area contributed by atoms with Crippen molar-refractivity contribution in [3.8, 4) is 5.75 Å². The molecule has 3 rings (SSSR count). The van der Waals surface area contributed by atoms with Crippen molar-refractivity contribution in [1.29, 1.82) is 0 Å². The minimum atomic E-state index is -0.265. The summed E-state index contributed by atoms with van der Waals surface area (Å²) in [5, 5.41) is 12.0. The van der Waals surface area contributed by atoms with Gasteiger partial charge in [0, 0.05) is 18.8 Å². The minimum absolute atomic E-state index is 0.0585. The van der Waals surface area contributed by atoms with Gasteiger partial charge in [0.1, 0.15) is 17.4 Å². The predicted octanol–water partition coefficient (Wildman–Crippen LogP) is 2.78. The number of halogens is 1. The van der Waals surface area contributed by atoms with Gasteiger partial charge in [0.05, 0.1) is 12.1 Å². The van der Waals surface area contributed by atoms with Crippen molar-refractivity contribution in [2.75, 3.05) is 23.3 Å². The number of pyridine rings is 1. The largest absolute Gasteiger partial charge is 0.506 e. The molecule has 6 heteroatoms. The first-order valence-electron chi connectivity index (χ1n) is 7.58. The molecular weight excluding hydrogens is 297 g/mol. The number of nitrogens with one attached hydrogen (secondary N) is 1. The number of carbonyl (C=O) groups is 1. The molecule has 0 saturated carbocycles. The molecule has 2 aromatic rings. The molecule has 1 atom stereocenters. The highest BCUT2D eigenvalue weighted by Crippen LogP contribution is 2.24. The Morgan fingerprint density at radius 3 is 2.74 bits per heavy atom. The van der Waals surface area contributed by atoms with Crippen LogP contribution in [0.5, 0.6) is 5.75 Å². The molecule has 5 nitrogen and oxygen atoms in total. The van der Waals surface area contributed by atoms with Gasteiger partial charge in [-0.15, -0.1) is 0 Å². The fourth-order valence-corrected chi connectivity index (χ4v) is 2.77. The minimum Gasteiger partial charge on any atom is -0.506 e. The van der Waals surface area contributed by atoms with Crippen LogP contribution in [0, 0.1) is 11.7 Å². The van der Waals surface area contributed by atoms with Crippen LogP contribution in [0.15, 0.2) is 42.6 Å². The number of piperidine rings is 1. The summed E-state index contributed by atoms with van der Waals surface area (Å²) < 4.78 is 13.0. The molecule has 1 amide bonds. The smallest absolute Gasteiger partial charge is 0.230 e.